The van der Waals surface area contributed by atoms with Crippen LogP contribution < -0.4 is 0 Å². The summed E-state index contributed by atoms with van der Waals surface area (Å²) in [5, 5.41) is 0. The number of carbonyl (C=O) groups is 1. The minimum absolute atomic E-state index is 0.105. The van der Waals surface area contributed by atoms with E-state index in [9.17, 15) is 4.79 Å². The van der Waals surface area contributed by atoms with Crippen molar-refractivity contribution in [2.45, 2.75) is 19.4 Å². The molecular weight excluding hydrogens is 264 g/mol. The third-order valence-electron chi connectivity index (χ3n) is 3.66. The van der Waals surface area contributed by atoms with Crippen molar-refractivity contribution < 1.29 is 4.79 Å². The van der Waals surface area contributed by atoms with Crippen molar-refractivity contribution in [1.82, 2.24) is 9.80 Å². The van der Waals surface area contributed by atoms with E-state index in [0.717, 1.165) is 17.8 Å². The summed E-state index contributed by atoms with van der Waals surface area (Å²) in [5.41, 5.74) is 1.96. The maximum absolute atomic E-state index is 12.5. The Morgan fingerprint density at radius 2 is 2.29 bits per heavy atom. The molecule has 21 heavy (non-hydrogen) atoms. The van der Waals surface area contributed by atoms with Gasteiger partial charge < -0.3 is 9.80 Å². The smallest absolute Gasteiger partial charge is 0.249 e. The van der Waals surface area contributed by atoms with Gasteiger partial charge in [0, 0.05) is 31.6 Å². The average Bonchev–Trinajstić information content (AvgIpc) is 3.01. The standard InChI is InChI=1S/C16H21N4O/c1-4-15-16(21)19(3)14(11-18-10-9-17-2)12-20(15)13-7-5-6-8-13/h5-8,10-11,15H,2,4,9,12H2,1,3H3/b14-11+,18-10?. The van der Waals surface area contributed by atoms with Crippen LogP contribution in [0.2, 0.25) is 0 Å². The van der Waals surface area contributed by atoms with E-state index in [1.807, 2.05) is 31.6 Å². The van der Waals surface area contributed by atoms with Crippen molar-refractivity contribution in [2.24, 2.45) is 9.98 Å². The molecule has 0 saturated carbocycles. The molecule has 0 aromatic heterocycles. The van der Waals surface area contributed by atoms with Crippen LogP contribution in [0.5, 0.6) is 0 Å². The molecule has 1 unspecified atom stereocenters. The number of hydrogen-bond donors (Lipinski definition) is 0. The lowest BCUT2D eigenvalue weighted by atomic mass is 10.1. The monoisotopic (exact) mass is 285 g/mol. The molecule has 1 atom stereocenters. The Morgan fingerprint density at radius 3 is 2.90 bits per heavy atom. The fraction of sp³-hybridized carbons (Fsp3) is 0.375. The van der Waals surface area contributed by atoms with Crippen molar-refractivity contribution in [3.8, 4) is 0 Å². The fourth-order valence-corrected chi connectivity index (χ4v) is 2.48. The molecule has 0 spiro atoms. The number of nitrogens with zero attached hydrogens (tertiary/aromatic N) is 4. The van der Waals surface area contributed by atoms with E-state index < -0.39 is 0 Å². The minimum Gasteiger partial charge on any atom is -0.356 e. The minimum atomic E-state index is -0.117. The van der Waals surface area contributed by atoms with E-state index in [1.54, 1.807) is 24.4 Å². The van der Waals surface area contributed by atoms with Crippen LogP contribution in [0.15, 0.2) is 45.8 Å². The molecule has 1 radical (unpaired) electrons. The van der Waals surface area contributed by atoms with Gasteiger partial charge in [-0.15, -0.1) is 0 Å². The molecule has 2 aliphatic rings. The summed E-state index contributed by atoms with van der Waals surface area (Å²) in [7, 11) is 1.81. The lowest BCUT2D eigenvalue weighted by molar-refractivity contribution is -0.136. The quantitative estimate of drug-likeness (QED) is 0.723. The van der Waals surface area contributed by atoms with Gasteiger partial charge in [-0.2, -0.15) is 0 Å². The van der Waals surface area contributed by atoms with Crippen LogP contribution in [0, 0.1) is 6.42 Å². The molecular formula is C16H21N4O. The molecule has 5 nitrogen and oxygen atoms in total. The number of likely N-dealkylation sites (N-methyl/N-ethyl adjacent to an activating group) is 1. The predicted octanol–water partition coefficient (Wildman–Crippen LogP) is 1.81. The highest BCUT2D eigenvalue weighted by molar-refractivity contribution is 5.85. The number of hydrogen-bond acceptors (Lipinski definition) is 4. The second-order valence-corrected chi connectivity index (χ2v) is 4.95. The largest absolute Gasteiger partial charge is 0.356 e. The van der Waals surface area contributed by atoms with Crippen LogP contribution in [0.1, 0.15) is 13.3 Å². The molecule has 0 N–H and O–H groups in total. The average molecular weight is 285 g/mol. The van der Waals surface area contributed by atoms with E-state index in [-0.39, 0.29) is 11.9 Å². The first-order valence-electron chi connectivity index (χ1n) is 7.08. The van der Waals surface area contributed by atoms with Gasteiger partial charge in [0.15, 0.2) is 0 Å². The normalized spacial score (nSPS) is 24.3. The van der Waals surface area contributed by atoms with E-state index in [0.29, 0.717) is 13.1 Å². The molecule has 5 heteroatoms. The van der Waals surface area contributed by atoms with E-state index in [2.05, 4.69) is 21.6 Å². The lowest BCUT2D eigenvalue weighted by Gasteiger charge is -2.42. The van der Waals surface area contributed by atoms with Crippen LogP contribution in [0.4, 0.5) is 0 Å². The molecule has 111 valence electrons. The van der Waals surface area contributed by atoms with Gasteiger partial charge >= 0.3 is 0 Å². The van der Waals surface area contributed by atoms with Crippen molar-refractivity contribution in [3.05, 3.63) is 42.2 Å². The Balaban J connectivity index is 2.20. The Bertz CT molecular complexity index is 530. The molecule has 1 amide bonds. The first-order chi connectivity index (χ1) is 10.2. The van der Waals surface area contributed by atoms with Gasteiger partial charge in [-0.1, -0.05) is 19.1 Å². The summed E-state index contributed by atoms with van der Waals surface area (Å²) in [6.07, 6.45) is 12.2. The summed E-state index contributed by atoms with van der Waals surface area (Å²) in [6.45, 7) is 6.59. The molecule has 1 aliphatic carbocycles. The van der Waals surface area contributed by atoms with Crippen LogP contribution in [0.3, 0.4) is 0 Å². The first-order valence-corrected chi connectivity index (χ1v) is 7.08. The van der Waals surface area contributed by atoms with Gasteiger partial charge in [0.1, 0.15) is 6.04 Å². The second-order valence-electron chi connectivity index (χ2n) is 4.95. The Labute approximate surface area is 126 Å². The molecule has 0 bridgehead atoms. The molecule has 1 aliphatic heterocycles. The third kappa shape index (κ3) is 3.29. The second kappa shape index (κ2) is 7.02. The summed E-state index contributed by atoms with van der Waals surface area (Å²) in [4.78, 5) is 24.3. The van der Waals surface area contributed by atoms with E-state index in [4.69, 9.17) is 0 Å². The summed E-state index contributed by atoms with van der Waals surface area (Å²) < 4.78 is 0. The zero-order valence-electron chi connectivity index (χ0n) is 12.6. The van der Waals surface area contributed by atoms with Crippen LogP contribution in [-0.4, -0.2) is 54.8 Å². The number of amides is 1. The highest BCUT2D eigenvalue weighted by atomic mass is 16.2. The van der Waals surface area contributed by atoms with Gasteiger partial charge in [0.05, 0.1) is 18.8 Å². The fourth-order valence-electron chi connectivity index (χ4n) is 2.48. The van der Waals surface area contributed by atoms with Gasteiger partial charge in [-0.3, -0.25) is 14.8 Å². The van der Waals surface area contributed by atoms with Gasteiger partial charge in [0.25, 0.3) is 0 Å². The van der Waals surface area contributed by atoms with Crippen molar-refractivity contribution in [3.63, 3.8) is 0 Å². The van der Waals surface area contributed by atoms with Crippen molar-refractivity contribution in [2.75, 3.05) is 20.1 Å². The Morgan fingerprint density at radius 1 is 1.48 bits per heavy atom. The summed E-state index contributed by atoms with van der Waals surface area (Å²) >= 11 is 0. The highest BCUT2D eigenvalue weighted by Gasteiger charge is 2.35. The van der Waals surface area contributed by atoms with E-state index in [1.165, 1.54) is 0 Å². The molecule has 0 aromatic carbocycles. The highest BCUT2D eigenvalue weighted by Crippen LogP contribution is 2.27. The van der Waals surface area contributed by atoms with Gasteiger partial charge in [0.2, 0.25) is 5.91 Å². The Kier molecular flexibility index (Phi) is 5.09. The van der Waals surface area contributed by atoms with Crippen molar-refractivity contribution >= 4 is 18.8 Å². The number of allylic oxidation sites excluding steroid dienone is 3. The van der Waals surface area contributed by atoms with Crippen molar-refractivity contribution in [1.29, 1.82) is 0 Å². The first kappa shape index (κ1) is 15.2. The lowest BCUT2D eigenvalue weighted by Crippen LogP contribution is -2.53. The molecule has 0 aromatic rings. The topological polar surface area (TPSA) is 48.3 Å². The zero-order valence-corrected chi connectivity index (χ0v) is 12.6. The van der Waals surface area contributed by atoms with E-state index >= 15 is 0 Å². The summed E-state index contributed by atoms with van der Waals surface area (Å²) in [5.74, 6) is 0.105. The van der Waals surface area contributed by atoms with Crippen LogP contribution >= 0.6 is 0 Å². The number of carbonyl (C=O) groups excluding carboxylic acids is 1. The summed E-state index contributed by atoms with van der Waals surface area (Å²) in [6, 6.07) is -0.117. The maximum atomic E-state index is 12.5. The molecule has 1 heterocycles. The third-order valence-corrected chi connectivity index (χ3v) is 3.66. The maximum Gasteiger partial charge on any atom is 0.249 e. The van der Waals surface area contributed by atoms with Crippen LogP contribution in [0.25, 0.3) is 0 Å². The zero-order chi connectivity index (χ0) is 15.2. The SMILES string of the molecule is C=NCC=N/C=C1\CN(C2=CC=C[CH]2)C(CC)C(=O)N1C. The van der Waals surface area contributed by atoms with Crippen LogP contribution in [-0.2, 0) is 4.79 Å². The Hall–Kier alpha value is -2.17. The van der Waals surface area contributed by atoms with Gasteiger partial charge in [-0.25, -0.2) is 0 Å². The molecule has 1 saturated heterocycles. The number of rotatable bonds is 5. The number of piperazine rings is 1. The van der Waals surface area contributed by atoms with Gasteiger partial charge in [-0.05, 0) is 19.2 Å². The number of aliphatic imine (C=N–C) groups is 2. The molecule has 1 fully saturated rings. The molecule has 2 rings (SSSR count). The predicted molar refractivity (Wildman–Crippen MR) is 86.1 cm³/mol.